The first-order chi connectivity index (χ1) is 9.69. The molecule has 0 aliphatic carbocycles. The summed E-state index contributed by atoms with van der Waals surface area (Å²) in [7, 11) is 0. The lowest BCUT2D eigenvalue weighted by Crippen LogP contribution is -2.25. The lowest BCUT2D eigenvalue weighted by Gasteiger charge is -2.13. The van der Waals surface area contributed by atoms with Crippen LogP contribution in [0.2, 0.25) is 0 Å². The van der Waals surface area contributed by atoms with E-state index in [0.717, 1.165) is 12.0 Å². The molecule has 1 aromatic carbocycles. The number of amides is 1. The lowest BCUT2D eigenvalue weighted by molar-refractivity contribution is -0.117. The fraction of sp³-hybridized carbons (Fsp3) is 0.188. The molecule has 1 atom stereocenters. The molecule has 2 rings (SSSR count). The molecule has 1 unspecified atom stereocenters. The molecule has 2 aromatic rings. The number of nitrogens with two attached hydrogens (primary N) is 1. The normalized spacial score (nSPS) is 12.4. The summed E-state index contributed by atoms with van der Waals surface area (Å²) in [6, 6.07) is 11.6. The van der Waals surface area contributed by atoms with Gasteiger partial charge in [-0.15, -0.1) is 11.3 Å². The number of hydrogen-bond donors (Lipinski definition) is 2. The summed E-state index contributed by atoms with van der Waals surface area (Å²) in [4.78, 5) is 13.1. The van der Waals surface area contributed by atoms with E-state index in [9.17, 15) is 4.79 Å². The summed E-state index contributed by atoms with van der Waals surface area (Å²) in [5.74, 6) is -0.0901. The van der Waals surface area contributed by atoms with E-state index >= 15 is 0 Å². The van der Waals surface area contributed by atoms with Gasteiger partial charge in [-0.1, -0.05) is 25.1 Å². The first kappa shape index (κ1) is 14.3. The molecule has 20 heavy (non-hydrogen) atoms. The molecule has 0 fully saturated rings. The van der Waals surface area contributed by atoms with Crippen molar-refractivity contribution in [1.29, 1.82) is 0 Å². The number of nitrogen functional groups attached to an aromatic ring is 1. The summed E-state index contributed by atoms with van der Waals surface area (Å²) in [6.07, 6.45) is 4.19. The molecule has 0 bridgehead atoms. The van der Waals surface area contributed by atoms with Crippen LogP contribution in [-0.2, 0) is 4.79 Å². The second-order valence-electron chi connectivity index (χ2n) is 4.49. The van der Waals surface area contributed by atoms with Crippen molar-refractivity contribution in [2.24, 2.45) is 0 Å². The molecule has 1 heterocycles. The van der Waals surface area contributed by atoms with E-state index in [0.29, 0.717) is 5.69 Å². The van der Waals surface area contributed by atoms with Crippen LogP contribution in [0.3, 0.4) is 0 Å². The molecule has 0 radical (unpaired) electrons. The van der Waals surface area contributed by atoms with E-state index in [1.807, 2.05) is 41.8 Å². The summed E-state index contributed by atoms with van der Waals surface area (Å²) in [5.41, 5.74) is 7.31. The van der Waals surface area contributed by atoms with Gasteiger partial charge in [0.1, 0.15) is 0 Å². The van der Waals surface area contributed by atoms with Gasteiger partial charge < -0.3 is 11.1 Å². The topological polar surface area (TPSA) is 55.1 Å². The number of anilines is 1. The Morgan fingerprint density at radius 2 is 2.25 bits per heavy atom. The van der Waals surface area contributed by atoms with E-state index in [2.05, 4.69) is 12.2 Å². The van der Waals surface area contributed by atoms with Crippen LogP contribution in [0.4, 0.5) is 5.69 Å². The average Bonchev–Trinajstić information content (AvgIpc) is 2.96. The first-order valence-electron chi connectivity index (χ1n) is 6.56. The van der Waals surface area contributed by atoms with Gasteiger partial charge in [0.2, 0.25) is 5.91 Å². The van der Waals surface area contributed by atoms with Crippen molar-refractivity contribution in [1.82, 2.24) is 5.32 Å². The standard InChI is InChI=1S/C16H18N2OS/c1-2-14(15-7-4-10-20-15)18-16(19)9-8-12-5-3-6-13(17)11-12/h3-11,14H,2,17H2,1H3,(H,18,19)/b9-8+. The minimum atomic E-state index is -0.0901. The number of rotatable bonds is 5. The van der Waals surface area contributed by atoms with Gasteiger partial charge in [0.05, 0.1) is 6.04 Å². The molecule has 3 nitrogen and oxygen atoms in total. The molecule has 0 saturated heterocycles. The van der Waals surface area contributed by atoms with Crippen molar-refractivity contribution in [3.8, 4) is 0 Å². The second-order valence-corrected chi connectivity index (χ2v) is 5.47. The zero-order chi connectivity index (χ0) is 14.4. The fourth-order valence-electron chi connectivity index (χ4n) is 1.92. The average molecular weight is 286 g/mol. The largest absolute Gasteiger partial charge is 0.399 e. The minimum absolute atomic E-state index is 0.0768. The van der Waals surface area contributed by atoms with Crippen LogP contribution in [0.5, 0.6) is 0 Å². The Kier molecular flexibility index (Phi) is 4.96. The third-order valence-corrected chi connectivity index (χ3v) is 3.94. The van der Waals surface area contributed by atoms with Crippen LogP contribution < -0.4 is 11.1 Å². The predicted molar refractivity (Wildman–Crippen MR) is 85.4 cm³/mol. The van der Waals surface area contributed by atoms with Crippen molar-refractivity contribution in [3.05, 3.63) is 58.3 Å². The van der Waals surface area contributed by atoms with Gasteiger partial charge in [-0.05, 0) is 41.6 Å². The second kappa shape index (κ2) is 6.91. The molecule has 0 aliphatic rings. The van der Waals surface area contributed by atoms with Crippen LogP contribution in [0.15, 0.2) is 47.9 Å². The maximum Gasteiger partial charge on any atom is 0.244 e. The van der Waals surface area contributed by atoms with Crippen LogP contribution in [0.25, 0.3) is 6.08 Å². The first-order valence-corrected chi connectivity index (χ1v) is 7.44. The number of benzene rings is 1. The smallest absolute Gasteiger partial charge is 0.244 e. The van der Waals surface area contributed by atoms with Crippen molar-refractivity contribution in [2.45, 2.75) is 19.4 Å². The molecular weight excluding hydrogens is 268 g/mol. The fourth-order valence-corrected chi connectivity index (χ4v) is 2.78. The SMILES string of the molecule is CCC(NC(=O)/C=C/c1cccc(N)c1)c1cccs1. The summed E-state index contributed by atoms with van der Waals surface area (Å²) >= 11 is 1.66. The molecule has 3 N–H and O–H groups in total. The van der Waals surface area contributed by atoms with Gasteiger partial charge in [-0.25, -0.2) is 0 Å². The van der Waals surface area contributed by atoms with Crippen LogP contribution in [0.1, 0.15) is 29.8 Å². The Hall–Kier alpha value is -2.07. The van der Waals surface area contributed by atoms with Crippen molar-refractivity contribution >= 4 is 29.0 Å². The number of carbonyl (C=O) groups is 1. The van der Waals surface area contributed by atoms with Crippen LogP contribution in [0, 0.1) is 0 Å². The Bertz CT molecular complexity index is 590. The van der Waals surface area contributed by atoms with Crippen molar-refractivity contribution < 1.29 is 4.79 Å². The number of hydrogen-bond acceptors (Lipinski definition) is 3. The van der Waals surface area contributed by atoms with Gasteiger partial charge in [0.25, 0.3) is 0 Å². The molecule has 0 aliphatic heterocycles. The zero-order valence-electron chi connectivity index (χ0n) is 11.4. The molecule has 1 amide bonds. The van der Waals surface area contributed by atoms with Gasteiger partial charge in [0.15, 0.2) is 0 Å². The van der Waals surface area contributed by atoms with Crippen molar-refractivity contribution in [2.75, 3.05) is 5.73 Å². The third-order valence-electron chi connectivity index (χ3n) is 2.95. The van der Waals surface area contributed by atoms with Crippen LogP contribution >= 0.6 is 11.3 Å². The minimum Gasteiger partial charge on any atom is -0.399 e. The Morgan fingerprint density at radius 1 is 1.40 bits per heavy atom. The van der Waals surface area contributed by atoms with E-state index in [1.54, 1.807) is 23.5 Å². The van der Waals surface area contributed by atoms with E-state index < -0.39 is 0 Å². The highest BCUT2D eigenvalue weighted by Crippen LogP contribution is 2.21. The number of carbonyl (C=O) groups excluding carboxylic acids is 1. The monoisotopic (exact) mass is 286 g/mol. The number of thiophene rings is 1. The predicted octanol–water partition coefficient (Wildman–Crippen LogP) is 3.61. The Labute approximate surface area is 123 Å². The highest BCUT2D eigenvalue weighted by molar-refractivity contribution is 7.10. The molecule has 104 valence electrons. The molecular formula is C16H18N2OS. The maximum absolute atomic E-state index is 11.9. The highest BCUT2D eigenvalue weighted by Gasteiger charge is 2.11. The van der Waals surface area contributed by atoms with Gasteiger partial charge >= 0.3 is 0 Å². The summed E-state index contributed by atoms with van der Waals surface area (Å²) in [5, 5.41) is 5.03. The zero-order valence-corrected chi connectivity index (χ0v) is 12.2. The summed E-state index contributed by atoms with van der Waals surface area (Å²) in [6.45, 7) is 2.06. The Balaban J connectivity index is 1.98. The summed E-state index contributed by atoms with van der Waals surface area (Å²) < 4.78 is 0. The molecule has 0 saturated carbocycles. The van der Waals surface area contributed by atoms with Gasteiger partial charge in [-0.3, -0.25) is 4.79 Å². The van der Waals surface area contributed by atoms with E-state index in [4.69, 9.17) is 5.73 Å². The highest BCUT2D eigenvalue weighted by atomic mass is 32.1. The third kappa shape index (κ3) is 3.96. The lowest BCUT2D eigenvalue weighted by atomic mass is 10.1. The van der Waals surface area contributed by atoms with Gasteiger partial charge in [0, 0.05) is 16.6 Å². The quantitative estimate of drug-likeness (QED) is 0.651. The van der Waals surface area contributed by atoms with Crippen molar-refractivity contribution in [3.63, 3.8) is 0 Å². The number of nitrogens with one attached hydrogen (secondary N) is 1. The maximum atomic E-state index is 11.9. The molecule has 0 spiro atoms. The molecule has 1 aromatic heterocycles. The van der Waals surface area contributed by atoms with E-state index in [-0.39, 0.29) is 11.9 Å². The van der Waals surface area contributed by atoms with E-state index in [1.165, 1.54) is 4.88 Å². The molecule has 4 heteroatoms. The van der Waals surface area contributed by atoms with Gasteiger partial charge in [-0.2, -0.15) is 0 Å². The Morgan fingerprint density at radius 3 is 2.90 bits per heavy atom. The van der Waals surface area contributed by atoms with Crippen LogP contribution in [-0.4, -0.2) is 5.91 Å².